The number of carbonyl (C=O) groups excluding carboxylic acids is 1. The van der Waals surface area contributed by atoms with E-state index in [2.05, 4.69) is 4.74 Å². The van der Waals surface area contributed by atoms with Crippen molar-refractivity contribution in [2.24, 2.45) is 0 Å². The average Bonchev–Trinajstić information content (AvgIpc) is 1.56. The number of halogens is 2. The monoisotopic (exact) mass is 166 g/mol. The van der Waals surface area contributed by atoms with Gasteiger partial charge >= 0.3 is 5.97 Å². The van der Waals surface area contributed by atoms with Crippen LogP contribution in [0.25, 0.3) is 0 Å². The molecule has 0 aliphatic heterocycles. The van der Waals surface area contributed by atoms with E-state index in [1.807, 2.05) is 0 Å². The Hall–Kier alpha value is -0.670. The molecule has 0 aromatic heterocycles. The lowest BCUT2D eigenvalue weighted by Gasteiger charge is -2.30. The predicted octanol–water partition coefficient (Wildman–Crippen LogP) is 1.98. The maximum Gasteiger partial charge on any atom is 0.303 e. The molecule has 0 aliphatic rings. The molecule has 0 amide bonds. The molecule has 0 aliphatic carbocycles. The summed E-state index contributed by atoms with van der Waals surface area (Å²) in [6.07, 6.45) is 0. The molecule has 0 spiro atoms. The second kappa shape index (κ2) is 2.75. The summed E-state index contributed by atoms with van der Waals surface area (Å²) in [6.45, 7) is 4.17. The van der Waals surface area contributed by atoms with E-state index in [-0.39, 0.29) is 0 Å². The van der Waals surface area contributed by atoms with Crippen molar-refractivity contribution in [1.29, 1.82) is 0 Å². The average molecular weight is 166 g/mol. The van der Waals surface area contributed by atoms with Gasteiger partial charge in [0.2, 0.25) is 0 Å². The van der Waals surface area contributed by atoms with Crippen LogP contribution in [0, 0.1) is 0 Å². The van der Waals surface area contributed by atoms with Gasteiger partial charge in [-0.15, -0.1) is 0 Å². The lowest BCUT2D eigenvalue weighted by molar-refractivity contribution is -0.193. The molecule has 0 fully saturated rings. The first-order valence-corrected chi connectivity index (χ1v) is 3.24. The van der Waals surface area contributed by atoms with Gasteiger partial charge in [0.25, 0.3) is 5.92 Å². The summed E-state index contributed by atoms with van der Waals surface area (Å²) in [6, 6.07) is 0. The Kier molecular flexibility index (Phi) is 2.59. The molecule has 66 valence electrons. The van der Waals surface area contributed by atoms with Crippen LogP contribution >= 0.6 is 0 Å². The second-order valence-electron chi connectivity index (χ2n) is 2.99. The first-order chi connectivity index (χ1) is 4.67. The molecular formula is C7H12F2O2. The number of esters is 1. The fraction of sp³-hybridized carbons (Fsp3) is 0.857. The van der Waals surface area contributed by atoms with Crippen LogP contribution in [0.3, 0.4) is 0 Å². The zero-order valence-corrected chi connectivity index (χ0v) is 7.07. The molecule has 4 heteroatoms. The van der Waals surface area contributed by atoms with Crippen LogP contribution in [0.5, 0.6) is 0 Å². The van der Waals surface area contributed by atoms with E-state index >= 15 is 0 Å². The van der Waals surface area contributed by atoms with Gasteiger partial charge in [0.05, 0.1) is 0 Å². The van der Waals surface area contributed by atoms with Crippen molar-refractivity contribution in [2.45, 2.75) is 39.2 Å². The summed E-state index contributed by atoms with van der Waals surface area (Å²) in [4.78, 5) is 10.4. The third-order valence-electron chi connectivity index (χ3n) is 1.46. The number of hydrogen-bond acceptors (Lipinski definition) is 2. The topological polar surface area (TPSA) is 26.3 Å². The maximum atomic E-state index is 12.6. The molecule has 0 bridgehead atoms. The van der Waals surface area contributed by atoms with Gasteiger partial charge in [0.15, 0.2) is 5.60 Å². The summed E-state index contributed by atoms with van der Waals surface area (Å²) in [5.74, 6) is -3.71. The van der Waals surface area contributed by atoms with E-state index in [0.29, 0.717) is 0 Å². The van der Waals surface area contributed by atoms with Crippen molar-refractivity contribution in [3.63, 3.8) is 0 Å². The minimum absolute atomic E-state index is 0.698. The van der Waals surface area contributed by atoms with Crippen molar-refractivity contribution in [3.8, 4) is 0 Å². The van der Waals surface area contributed by atoms with E-state index in [4.69, 9.17) is 0 Å². The smallest absolute Gasteiger partial charge is 0.303 e. The lowest BCUT2D eigenvalue weighted by atomic mass is 10.0. The maximum absolute atomic E-state index is 12.6. The molecule has 0 saturated carbocycles. The predicted molar refractivity (Wildman–Crippen MR) is 36.5 cm³/mol. The number of ether oxygens (including phenoxy) is 1. The van der Waals surface area contributed by atoms with Gasteiger partial charge < -0.3 is 4.74 Å². The number of alkyl halides is 2. The van der Waals surface area contributed by atoms with Gasteiger partial charge in [-0.2, -0.15) is 0 Å². The molecule has 0 unspecified atom stereocenters. The summed E-state index contributed by atoms with van der Waals surface area (Å²) in [5.41, 5.74) is -1.72. The van der Waals surface area contributed by atoms with Crippen molar-refractivity contribution < 1.29 is 18.3 Å². The Morgan fingerprint density at radius 2 is 1.64 bits per heavy atom. The second-order valence-corrected chi connectivity index (χ2v) is 2.99. The third-order valence-corrected chi connectivity index (χ3v) is 1.46. The Morgan fingerprint density at radius 1 is 1.27 bits per heavy atom. The van der Waals surface area contributed by atoms with Crippen LogP contribution in [0.2, 0.25) is 0 Å². The normalized spacial score (nSPS) is 12.9. The summed E-state index contributed by atoms with van der Waals surface area (Å²) < 4.78 is 29.6. The number of hydrogen-bond donors (Lipinski definition) is 0. The molecule has 0 atom stereocenters. The first-order valence-electron chi connectivity index (χ1n) is 3.24. The van der Waals surface area contributed by atoms with Crippen molar-refractivity contribution >= 4 is 5.97 Å². The molecule has 0 saturated heterocycles. The Bertz CT molecular complexity index is 158. The van der Waals surface area contributed by atoms with Crippen LogP contribution in [0.15, 0.2) is 0 Å². The zero-order valence-electron chi connectivity index (χ0n) is 7.07. The molecule has 0 aromatic rings. The van der Waals surface area contributed by atoms with Crippen LogP contribution in [-0.4, -0.2) is 17.5 Å². The number of carbonyl (C=O) groups is 1. The quantitative estimate of drug-likeness (QED) is 0.586. The largest absolute Gasteiger partial charge is 0.453 e. The van der Waals surface area contributed by atoms with Crippen molar-refractivity contribution in [2.75, 3.05) is 0 Å². The van der Waals surface area contributed by atoms with E-state index in [0.717, 1.165) is 13.8 Å². The Balaban J connectivity index is 4.34. The highest BCUT2D eigenvalue weighted by Gasteiger charge is 2.44. The van der Waals surface area contributed by atoms with Gasteiger partial charge in [0.1, 0.15) is 0 Å². The van der Waals surface area contributed by atoms with E-state index in [9.17, 15) is 13.6 Å². The third kappa shape index (κ3) is 2.82. The molecule has 11 heavy (non-hydrogen) atoms. The Labute approximate surface area is 64.5 Å². The molecule has 0 N–H and O–H groups in total. The van der Waals surface area contributed by atoms with Crippen LogP contribution in [0.1, 0.15) is 27.7 Å². The molecule has 0 aromatic carbocycles. The fourth-order valence-corrected chi connectivity index (χ4v) is 0.449. The van der Waals surface area contributed by atoms with E-state index < -0.39 is 17.5 Å². The lowest BCUT2D eigenvalue weighted by Crippen LogP contribution is -2.43. The van der Waals surface area contributed by atoms with Crippen LogP contribution in [0.4, 0.5) is 8.78 Å². The fourth-order valence-electron chi connectivity index (χ4n) is 0.449. The number of rotatable bonds is 2. The molecule has 0 heterocycles. The molecular weight excluding hydrogens is 154 g/mol. The highest BCUT2D eigenvalue weighted by molar-refractivity contribution is 5.66. The van der Waals surface area contributed by atoms with E-state index in [1.165, 1.54) is 13.8 Å². The summed E-state index contributed by atoms with van der Waals surface area (Å²) >= 11 is 0. The van der Waals surface area contributed by atoms with Gasteiger partial charge in [-0.25, -0.2) is 8.78 Å². The minimum Gasteiger partial charge on any atom is -0.453 e. The summed E-state index contributed by atoms with van der Waals surface area (Å²) in [5, 5.41) is 0. The van der Waals surface area contributed by atoms with Gasteiger partial charge in [-0.1, -0.05) is 0 Å². The van der Waals surface area contributed by atoms with Crippen LogP contribution in [-0.2, 0) is 9.53 Å². The van der Waals surface area contributed by atoms with Crippen molar-refractivity contribution in [1.82, 2.24) is 0 Å². The molecule has 2 nitrogen and oxygen atoms in total. The summed E-state index contributed by atoms with van der Waals surface area (Å²) in [7, 11) is 0. The standard InChI is InChI=1S/C7H12F2O2/c1-5(10)11-6(2,3)7(4,8)9/h1-4H3. The van der Waals surface area contributed by atoms with Gasteiger partial charge in [-0.3, -0.25) is 4.79 Å². The highest BCUT2D eigenvalue weighted by Crippen LogP contribution is 2.30. The van der Waals surface area contributed by atoms with Gasteiger partial charge in [-0.05, 0) is 13.8 Å². The van der Waals surface area contributed by atoms with Crippen molar-refractivity contribution in [3.05, 3.63) is 0 Å². The Morgan fingerprint density at radius 3 is 1.73 bits per heavy atom. The molecule has 0 radical (unpaired) electrons. The first kappa shape index (κ1) is 10.3. The molecule has 0 rings (SSSR count). The SMILES string of the molecule is CC(=O)OC(C)(C)C(C)(F)F. The minimum atomic E-state index is -3.02. The van der Waals surface area contributed by atoms with E-state index in [1.54, 1.807) is 0 Å². The van der Waals surface area contributed by atoms with Crippen LogP contribution < -0.4 is 0 Å². The van der Waals surface area contributed by atoms with Gasteiger partial charge in [0, 0.05) is 13.8 Å². The highest BCUT2D eigenvalue weighted by atomic mass is 19.3. The zero-order chi connectivity index (χ0) is 9.28.